The average molecular weight is 468 g/mol. The summed E-state index contributed by atoms with van der Waals surface area (Å²) >= 11 is 0. The Hall–Kier alpha value is -4.04. The zero-order valence-corrected chi connectivity index (χ0v) is 20.0. The highest BCUT2D eigenvalue weighted by Gasteiger charge is 2.34. The fourth-order valence-electron chi connectivity index (χ4n) is 4.79. The largest absolute Gasteiger partial charge is 0.383 e. The number of rotatable bonds is 7. The minimum Gasteiger partial charge on any atom is -0.383 e. The zero-order valence-electron chi connectivity index (χ0n) is 20.0. The Morgan fingerprint density at radius 1 is 1.26 bits per heavy atom. The zero-order chi connectivity index (χ0) is 24.5. The Bertz CT molecular complexity index is 1470. The van der Waals surface area contributed by atoms with Crippen LogP contribution in [0.15, 0.2) is 61.6 Å². The number of amides is 1. The van der Waals surface area contributed by atoms with Gasteiger partial charge in [-0.05, 0) is 30.8 Å². The van der Waals surface area contributed by atoms with Crippen LogP contribution in [0.2, 0.25) is 0 Å². The van der Waals surface area contributed by atoms with Crippen LogP contribution in [0.4, 0.5) is 5.82 Å². The molecule has 0 bridgehead atoms. The Morgan fingerprint density at radius 3 is 2.86 bits per heavy atom. The number of nitrogens with zero attached hydrogens (tertiary/aromatic N) is 5. The molecule has 0 unspecified atom stereocenters. The van der Waals surface area contributed by atoms with Gasteiger partial charge in [0.15, 0.2) is 0 Å². The topological polar surface area (TPSA) is 102 Å². The smallest absolute Gasteiger partial charge is 0.244 e. The number of carbonyl (C=O) groups is 1. The first-order valence-electron chi connectivity index (χ1n) is 11.9. The van der Waals surface area contributed by atoms with E-state index in [0.29, 0.717) is 12.4 Å². The third kappa shape index (κ3) is 4.06. The van der Waals surface area contributed by atoms with Gasteiger partial charge in [-0.3, -0.25) is 9.78 Å². The molecule has 5 rings (SSSR count). The summed E-state index contributed by atoms with van der Waals surface area (Å²) in [5.41, 5.74) is 11.5. The van der Waals surface area contributed by atoms with Crippen molar-refractivity contribution in [2.45, 2.75) is 26.4 Å². The van der Waals surface area contributed by atoms with Crippen molar-refractivity contribution >= 4 is 39.2 Å². The lowest BCUT2D eigenvalue weighted by molar-refractivity contribution is -0.116. The normalized spacial score (nSPS) is 15.5. The molecule has 1 aliphatic rings. The molecule has 4 aromatic rings. The summed E-state index contributed by atoms with van der Waals surface area (Å²) in [6, 6.07) is 9.83. The van der Waals surface area contributed by atoms with E-state index in [1.807, 2.05) is 36.5 Å². The van der Waals surface area contributed by atoms with E-state index in [9.17, 15) is 4.79 Å². The predicted molar refractivity (Wildman–Crippen MR) is 141 cm³/mol. The van der Waals surface area contributed by atoms with Crippen molar-refractivity contribution in [3.05, 3.63) is 67.3 Å². The number of pyridine rings is 1. The molecular weight excluding hydrogens is 438 g/mol. The lowest BCUT2D eigenvalue weighted by Gasteiger charge is -2.15. The molecule has 8 nitrogen and oxygen atoms in total. The number of aromatic nitrogens is 4. The van der Waals surface area contributed by atoms with Crippen molar-refractivity contribution < 1.29 is 4.79 Å². The number of likely N-dealkylation sites (N-methyl/N-ethyl adjacent to an activating group) is 1. The van der Waals surface area contributed by atoms with Crippen LogP contribution in [-0.2, 0) is 11.3 Å². The van der Waals surface area contributed by atoms with Crippen LogP contribution in [0, 0.1) is 0 Å². The van der Waals surface area contributed by atoms with Crippen LogP contribution in [0.25, 0.3) is 38.6 Å². The maximum Gasteiger partial charge on any atom is 0.244 e. The van der Waals surface area contributed by atoms with E-state index in [2.05, 4.69) is 56.2 Å². The standard InChI is InChI=1S/C27H29N7O/c1-4-33(5-2)12-8-11-22(35)32-21-15-34-25(17(21)3)23(24-26(28)30-16-31-27(24)34)19-13-18-9-6-7-10-20(18)29-14-19/h6-11,13-14,16,21H,3-5,12,15H2,1-2H3,(H,32,35)(H2,28,30,31)/b11-8+/t21-/m1/s1. The number of anilines is 1. The molecule has 1 atom stereocenters. The number of nitrogens with two attached hydrogens (primary N) is 1. The van der Waals surface area contributed by atoms with Crippen molar-refractivity contribution in [2.24, 2.45) is 0 Å². The molecule has 3 aromatic heterocycles. The summed E-state index contributed by atoms with van der Waals surface area (Å²) in [5.74, 6) is 0.272. The number of hydrogen-bond acceptors (Lipinski definition) is 6. The molecule has 1 aliphatic heterocycles. The van der Waals surface area contributed by atoms with Gasteiger partial charge in [-0.1, -0.05) is 44.7 Å². The molecule has 8 heteroatoms. The second-order valence-electron chi connectivity index (χ2n) is 8.68. The van der Waals surface area contributed by atoms with Gasteiger partial charge in [0.25, 0.3) is 0 Å². The third-order valence-electron chi connectivity index (χ3n) is 6.68. The molecule has 1 aromatic carbocycles. The molecule has 178 valence electrons. The highest BCUT2D eigenvalue weighted by atomic mass is 16.1. The Morgan fingerprint density at radius 2 is 2.06 bits per heavy atom. The number of carbonyl (C=O) groups excluding carboxylic acids is 1. The van der Waals surface area contributed by atoms with Crippen LogP contribution < -0.4 is 11.1 Å². The average Bonchev–Trinajstić information content (AvgIpc) is 3.36. The summed E-state index contributed by atoms with van der Waals surface area (Å²) in [6.07, 6.45) is 6.82. The molecule has 0 saturated heterocycles. The van der Waals surface area contributed by atoms with Crippen LogP contribution in [0.5, 0.6) is 0 Å². The van der Waals surface area contributed by atoms with Gasteiger partial charge in [-0.15, -0.1) is 0 Å². The van der Waals surface area contributed by atoms with Crippen molar-refractivity contribution in [2.75, 3.05) is 25.4 Å². The van der Waals surface area contributed by atoms with Gasteiger partial charge in [0.1, 0.15) is 17.8 Å². The molecule has 0 fully saturated rings. The van der Waals surface area contributed by atoms with Gasteiger partial charge < -0.3 is 20.5 Å². The number of hydrogen-bond donors (Lipinski definition) is 2. The first-order chi connectivity index (χ1) is 17.0. The fraction of sp³-hybridized carbons (Fsp3) is 0.259. The Kier molecular flexibility index (Phi) is 6.05. The summed E-state index contributed by atoms with van der Waals surface area (Å²) in [4.78, 5) is 28.3. The summed E-state index contributed by atoms with van der Waals surface area (Å²) < 4.78 is 2.07. The SMILES string of the molecule is C=C1c2c(-c3cnc4ccccc4c3)c3c(N)ncnc3n2C[C@H]1NC(=O)/C=C/CN(CC)CC. The molecule has 3 N–H and O–H groups in total. The van der Waals surface area contributed by atoms with Gasteiger partial charge in [0.05, 0.1) is 22.6 Å². The van der Waals surface area contributed by atoms with Crippen molar-refractivity contribution in [1.82, 2.24) is 29.7 Å². The van der Waals surface area contributed by atoms with Crippen LogP contribution >= 0.6 is 0 Å². The van der Waals surface area contributed by atoms with E-state index in [1.165, 1.54) is 6.33 Å². The van der Waals surface area contributed by atoms with Gasteiger partial charge >= 0.3 is 0 Å². The quantitative estimate of drug-likeness (QED) is 0.403. The Labute approximate surface area is 204 Å². The molecule has 4 heterocycles. The predicted octanol–water partition coefficient (Wildman–Crippen LogP) is 3.64. The van der Waals surface area contributed by atoms with Gasteiger partial charge in [-0.2, -0.15) is 0 Å². The highest BCUT2D eigenvalue weighted by Crippen LogP contribution is 2.44. The monoisotopic (exact) mass is 467 g/mol. The lowest BCUT2D eigenvalue weighted by atomic mass is 9.98. The second kappa shape index (κ2) is 9.31. The molecule has 35 heavy (non-hydrogen) atoms. The first kappa shape index (κ1) is 22.7. The minimum absolute atomic E-state index is 0.138. The van der Waals surface area contributed by atoms with Gasteiger partial charge in [0.2, 0.25) is 5.91 Å². The van der Waals surface area contributed by atoms with E-state index in [0.717, 1.165) is 64.0 Å². The molecular formula is C27H29N7O. The molecule has 0 radical (unpaired) electrons. The maximum absolute atomic E-state index is 12.7. The first-order valence-corrected chi connectivity index (χ1v) is 11.9. The second-order valence-corrected chi connectivity index (χ2v) is 8.68. The summed E-state index contributed by atoms with van der Waals surface area (Å²) in [7, 11) is 0. The number of nitrogen functional groups attached to an aromatic ring is 1. The van der Waals surface area contributed by atoms with Crippen LogP contribution in [-0.4, -0.2) is 56.0 Å². The van der Waals surface area contributed by atoms with E-state index in [-0.39, 0.29) is 11.9 Å². The van der Waals surface area contributed by atoms with Crippen LogP contribution in [0.3, 0.4) is 0 Å². The van der Waals surface area contributed by atoms with Gasteiger partial charge in [0, 0.05) is 41.9 Å². The summed E-state index contributed by atoms with van der Waals surface area (Å²) in [5, 5.41) is 4.91. The minimum atomic E-state index is -0.247. The number of fused-ring (bicyclic) bond motifs is 4. The van der Waals surface area contributed by atoms with E-state index in [4.69, 9.17) is 5.73 Å². The molecule has 0 aliphatic carbocycles. The fourth-order valence-corrected chi connectivity index (χ4v) is 4.79. The summed E-state index contributed by atoms with van der Waals surface area (Å²) in [6.45, 7) is 11.7. The lowest BCUT2D eigenvalue weighted by Crippen LogP contribution is -2.34. The maximum atomic E-state index is 12.7. The number of para-hydroxylation sites is 1. The van der Waals surface area contributed by atoms with Crippen LogP contribution in [0.1, 0.15) is 19.5 Å². The molecule has 1 amide bonds. The van der Waals surface area contributed by atoms with Crippen molar-refractivity contribution in [1.29, 1.82) is 0 Å². The van der Waals surface area contributed by atoms with E-state index < -0.39 is 0 Å². The number of benzene rings is 1. The van der Waals surface area contributed by atoms with Gasteiger partial charge in [-0.25, -0.2) is 9.97 Å². The van der Waals surface area contributed by atoms with E-state index in [1.54, 1.807) is 6.08 Å². The molecule has 0 saturated carbocycles. The Balaban J connectivity index is 1.50. The van der Waals surface area contributed by atoms with E-state index >= 15 is 0 Å². The number of nitrogens with one attached hydrogen (secondary N) is 1. The van der Waals surface area contributed by atoms with Crippen molar-refractivity contribution in [3.8, 4) is 11.1 Å². The third-order valence-corrected chi connectivity index (χ3v) is 6.68. The highest BCUT2D eigenvalue weighted by molar-refractivity contribution is 6.08. The van der Waals surface area contributed by atoms with Crippen molar-refractivity contribution in [3.63, 3.8) is 0 Å². The molecule has 0 spiro atoms.